The molecule has 6 heteroatoms. The largest absolute Gasteiger partial charge is 0.368 e. The van der Waals surface area contributed by atoms with E-state index in [2.05, 4.69) is 21.7 Å². The predicted octanol–water partition coefficient (Wildman–Crippen LogP) is 3.42. The fourth-order valence-corrected chi connectivity index (χ4v) is 3.94. The highest BCUT2D eigenvalue weighted by molar-refractivity contribution is 5.94. The molecule has 0 N–H and O–H groups in total. The molecule has 0 aliphatic carbocycles. The van der Waals surface area contributed by atoms with E-state index >= 15 is 0 Å². The minimum atomic E-state index is -0.208. The summed E-state index contributed by atoms with van der Waals surface area (Å²) in [5.74, 6) is 1.49. The van der Waals surface area contributed by atoms with Crippen LogP contribution in [0, 0.1) is 11.7 Å². The van der Waals surface area contributed by atoms with Gasteiger partial charge in [-0.1, -0.05) is 6.92 Å². The third-order valence-electron chi connectivity index (χ3n) is 5.86. The van der Waals surface area contributed by atoms with Crippen molar-refractivity contribution in [3.63, 3.8) is 0 Å². The third kappa shape index (κ3) is 4.11. The Hall–Kier alpha value is -2.63. The Kier molecular flexibility index (Phi) is 5.46. The van der Waals surface area contributed by atoms with Gasteiger partial charge in [-0.3, -0.25) is 4.79 Å². The van der Waals surface area contributed by atoms with Crippen LogP contribution in [0.4, 0.5) is 15.9 Å². The van der Waals surface area contributed by atoms with Crippen molar-refractivity contribution in [2.75, 3.05) is 49.1 Å². The lowest BCUT2D eigenvalue weighted by atomic mass is 9.99. The first kappa shape index (κ1) is 18.7. The molecule has 2 saturated heterocycles. The van der Waals surface area contributed by atoms with Gasteiger partial charge in [-0.2, -0.15) is 0 Å². The molecule has 2 aliphatic rings. The van der Waals surface area contributed by atoms with Crippen molar-refractivity contribution in [3.8, 4) is 0 Å². The highest BCUT2D eigenvalue weighted by Crippen LogP contribution is 2.21. The van der Waals surface area contributed by atoms with E-state index in [1.807, 2.05) is 29.2 Å². The minimum absolute atomic E-state index is 0.0899. The maximum atomic E-state index is 13.1. The maximum absolute atomic E-state index is 13.1. The number of hydrogen-bond donors (Lipinski definition) is 0. The lowest BCUT2D eigenvalue weighted by Gasteiger charge is -2.36. The number of halogens is 1. The van der Waals surface area contributed by atoms with Crippen LogP contribution < -0.4 is 9.80 Å². The van der Waals surface area contributed by atoms with Crippen LogP contribution in [0.5, 0.6) is 0 Å². The Morgan fingerprint density at radius 1 is 0.929 bits per heavy atom. The lowest BCUT2D eigenvalue weighted by molar-refractivity contribution is 0.0697. The smallest absolute Gasteiger partial charge is 0.255 e. The average Bonchev–Trinajstić information content (AvgIpc) is 2.75. The zero-order chi connectivity index (χ0) is 19.5. The van der Waals surface area contributed by atoms with Gasteiger partial charge >= 0.3 is 0 Å². The number of amides is 1. The van der Waals surface area contributed by atoms with Crippen molar-refractivity contribution in [2.45, 2.75) is 19.8 Å². The van der Waals surface area contributed by atoms with Gasteiger partial charge in [-0.15, -0.1) is 0 Å². The molecule has 1 amide bonds. The van der Waals surface area contributed by atoms with E-state index in [9.17, 15) is 9.18 Å². The van der Waals surface area contributed by atoms with Crippen molar-refractivity contribution in [1.29, 1.82) is 0 Å². The molecule has 28 heavy (non-hydrogen) atoms. The van der Waals surface area contributed by atoms with Crippen molar-refractivity contribution < 1.29 is 9.18 Å². The number of carbonyl (C=O) groups is 1. The van der Waals surface area contributed by atoms with Crippen molar-refractivity contribution in [1.82, 2.24) is 9.88 Å². The molecule has 4 rings (SSSR count). The van der Waals surface area contributed by atoms with Crippen LogP contribution in [-0.2, 0) is 0 Å². The van der Waals surface area contributed by atoms with E-state index in [-0.39, 0.29) is 11.7 Å². The molecule has 2 aromatic rings. The molecule has 0 spiro atoms. The summed E-state index contributed by atoms with van der Waals surface area (Å²) in [5.41, 5.74) is 1.72. The van der Waals surface area contributed by atoms with E-state index in [0.29, 0.717) is 11.5 Å². The van der Waals surface area contributed by atoms with Gasteiger partial charge in [-0.25, -0.2) is 9.37 Å². The van der Waals surface area contributed by atoms with Gasteiger partial charge in [-0.05, 0) is 55.2 Å². The van der Waals surface area contributed by atoms with Crippen molar-refractivity contribution in [3.05, 3.63) is 54.0 Å². The molecule has 0 bridgehead atoms. The van der Waals surface area contributed by atoms with Gasteiger partial charge < -0.3 is 14.7 Å². The number of anilines is 2. The molecule has 1 aromatic carbocycles. The van der Waals surface area contributed by atoms with Crippen molar-refractivity contribution in [2.24, 2.45) is 5.92 Å². The standard InChI is InChI=1S/C22H27FN4O/c1-17-8-10-27(11-9-17)22(28)18-2-7-21(24-16-18)26-14-12-25(13-15-26)20-5-3-19(23)4-6-20/h2-7,16-17H,8-15H2,1H3. The Morgan fingerprint density at radius 2 is 1.57 bits per heavy atom. The van der Waals surface area contributed by atoms with Crippen molar-refractivity contribution >= 4 is 17.4 Å². The predicted molar refractivity (Wildman–Crippen MR) is 109 cm³/mol. The van der Waals surface area contributed by atoms with Gasteiger partial charge in [0.15, 0.2) is 0 Å². The molecule has 148 valence electrons. The number of carbonyl (C=O) groups excluding carboxylic acids is 1. The van der Waals surface area contributed by atoms with Crippen LogP contribution in [-0.4, -0.2) is 55.1 Å². The molecule has 0 atom stereocenters. The van der Waals surface area contributed by atoms with E-state index in [4.69, 9.17) is 0 Å². The summed E-state index contributed by atoms with van der Waals surface area (Å²) in [6, 6.07) is 10.5. The van der Waals surface area contributed by atoms with Crippen LogP contribution in [0.25, 0.3) is 0 Å². The second kappa shape index (κ2) is 8.17. The van der Waals surface area contributed by atoms with Gasteiger partial charge in [0.1, 0.15) is 11.6 Å². The maximum Gasteiger partial charge on any atom is 0.255 e. The van der Waals surface area contributed by atoms with E-state index < -0.39 is 0 Å². The normalized spacial score (nSPS) is 18.4. The highest BCUT2D eigenvalue weighted by atomic mass is 19.1. The third-order valence-corrected chi connectivity index (χ3v) is 5.86. The first-order valence-electron chi connectivity index (χ1n) is 10.1. The van der Waals surface area contributed by atoms with E-state index in [1.165, 1.54) is 12.1 Å². The molecule has 2 fully saturated rings. The highest BCUT2D eigenvalue weighted by Gasteiger charge is 2.23. The molecule has 3 heterocycles. The van der Waals surface area contributed by atoms with Crippen LogP contribution >= 0.6 is 0 Å². The Bertz CT molecular complexity index is 792. The molecule has 0 unspecified atom stereocenters. The number of likely N-dealkylation sites (tertiary alicyclic amines) is 1. The topological polar surface area (TPSA) is 39.7 Å². The number of rotatable bonds is 3. The molecule has 0 saturated carbocycles. The average molecular weight is 382 g/mol. The second-order valence-electron chi connectivity index (χ2n) is 7.83. The lowest BCUT2D eigenvalue weighted by Crippen LogP contribution is -2.46. The zero-order valence-electron chi connectivity index (χ0n) is 16.4. The molecular formula is C22H27FN4O. The summed E-state index contributed by atoms with van der Waals surface area (Å²) >= 11 is 0. The fraction of sp³-hybridized carbons (Fsp3) is 0.455. The summed E-state index contributed by atoms with van der Waals surface area (Å²) in [7, 11) is 0. The minimum Gasteiger partial charge on any atom is -0.368 e. The first-order chi connectivity index (χ1) is 13.6. The SMILES string of the molecule is CC1CCN(C(=O)c2ccc(N3CCN(c4ccc(F)cc4)CC3)nc2)CC1. The number of pyridine rings is 1. The summed E-state index contributed by atoms with van der Waals surface area (Å²) in [6.45, 7) is 7.34. The number of hydrogen-bond acceptors (Lipinski definition) is 4. The fourth-order valence-electron chi connectivity index (χ4n) is 3.94. The Morgan fingerprint density at radius 3 is 2.18 bits per heavy atom. The number of benzene rings is 1. The second-order valence-corrected chi connectivity index (χ2v) is 7.83. The summed E-state index contributed by atoms with van der Waals surface area (Å²) in [4.78, 5) is 23.6. The van der Waals surface area contributed by atoms with Crippen LogP contribution in [0.15, 0.2) is 42.6 Å². The van der Waals surface area contributed by atoms with Gasteiger partial charge in [0, 0.05) is 51.2 Å². The molecular weight excluding hydrogens is 355 g/mol. The number of aromatic nitrogens is 1. The molecule has 1 aromatic heterocycles. The van der Waals surface area contributed by atoms with Crippen LogP contribution in [0.1, 0.15) is 30.1 Å². The number of nitrogens with zero attached hydrogens (tertiary/aromatic N) is 4. The zero-order valence-corrected chi connectivity index (χ0v) is 16.4. The summed E-state index contributed by atoms with van der Waals surface area (Å²) in [6.07, 6.45) is 3.87. The summed E-state index contributed by atoms with van der Waals surface area (Å²) in [5, 5.41) is 0. The Labute approximate surface area is 165 Å². The van der Waals surface area contributed by atoms with Gasteiger partial charge in [0.25, 0.3) is 5.91 Å². The quantitative estimate of drug-likeness (QED) is 0.816. The molecule has 2 aliphatic heterocycles. The monoisotopic (exact) mass is 382 g/mol. The van der Waals surface area contributed by atoms with E-state index in [1.54, 1.807) is 6.20 Å². The first-order valence-corrected chi connectivity index (χ1v) is 10.1. The van der Waals surface area contributed by atoms with Crippen LogP contribution in [0.2, 0.25) is 0 Å². The van der Waals surface area contributed by atoms with E-state index in [0.717, 1.165) is 63.6 Å². The molecule has 0 radical (unpaired) electrons. The Balaban J connectivity index is 1.34. The number of piperidine rings is 1. The summed E-state index contributed by atoms with van der Waals surface area (Å²) < 4.78 is 13.1. The van der Waals surface area contributed by atoms with Gasteiger partial charge in [0.05, 0.1) is 5.56 Å². The van der Waals surface area contributed by atoms with Gasteiger partial charge in [0.2, 0.25) is 0 Å². The molecule has 5 nitrogen and oxygen atoms in total. The number of piperazine rings is 1. The van der Waals surface area contributed by atoms with Crippen LogP contribution in [0.3, 0.4) is 0 Å².